The fourth-order valence-corrected chi connectivity index (χ4v) is 2.30. The Bertz CT molecular complexity index is 490. The third-order valence-corrected chi connectivity index (χ3v) is 3.29. The minimum absolute atomic E-state index is 0.0145. The zero-order chi connectivity index (χ0) is 13.8. The molecule has 1 unspecified atom stereocenters. The van der Waals surface area contributed by atoms with Gasteiger partial charge in [-0.1, -0.05) is 12.1 Å². The molecule has 1 fully saturated rings. The summed E-state index contributed by atoms with van der Waals surface area (Å²) in [7, 11) is 0. The predicted molar refractivity (Wildman–Crippen MR) is 70.6 cm³/mol. The first-order chi connectivity index (χ1) is 9.06. The molecule has 2 N–H and O–H groups in total. The summed E-state index contributed by atoms with van der Waals surface area (Å²) in [4.78, 5) is 24.1. The van der Waals surface area contributed by atoms with Crippen LogP contribution in [0.2, 0.25) is 0 Å². The molecule has 0 bridgehead atoms. The maximum Gasteiger partial charge on any atom is 0.269 e. The number of rotatable bonds is 3. The summed E-state index contributed by atoms with van der Waals surface area (Å²) in [5.74, 6) is -0.0179. The Morgan fingerprint density at radius 3 is 3.00 bits per heavy atom. The molecule has 0 saturated carbocycles. The second-order valence-corrected chi connectivity index (χ2v) is 4.85. The minimum Gasteiger partial charge on any atom is -0.341 e. The minimum atomic E-state index is -0.454. The van der Waals surface area contributed by atoms with Crippen molar-refractivity contribution in [2.24, 2.45) is 5.73 Å². The van der Waals surface area contributed by atoms with Crippen LogP contribution in [0, 0.1) is 10.1 Å². The smallest absolute Gasteiger partial charge is 0.269 e. The average molecular weight is 263 g/mol. The summed E-state index contributed by atoms with van der Waals surface area (Å²) in [5.41, 5.74) is 6.52. The van der Waals surface area contributed by atoms with Crippen LogP contribution in [0.15, 0.2) is 24.3 Å². The van der Waals surface area contributed by atoms with E-state index in [0.717, 1.165) is 19.4 Å². The molecule has 0 aliphatic carbocycles. The van der Waals surface area contributed by atoms with Gasteiger partial charge in [0.15, 0.2) is 0 Å². The van der Waals surface area contributed by atoms with E-state index in [0.29, 0.717) is 12.1 Å². The van der Waals surface area contributed by atoms with Crippen molar-refractivity contribution in [3.05, 3.63) is 39.9 Å². The van der Waals surface area contributed by atoms with E-state index in [4.69, 9.17) is 5.73 Å². The number of carbonyl (C=O) groups excluding carboxylic acids is 1. The van der Waals surface area contributed by atoms with E-state index in [1.54, 1.807) is 17.0 Å². The zero-order valence-corrected chi connectivity index (χ0v) is 10.6. The fourth-order valence-electron chi connectivity index (χ4n) is 2.30. The normalized spacial score (nSPS) is 19.2. The van der Waals surface area contributed by atoms with Crippen molar-refractivity contribution < 1.29 is 9.72 Å². The van der Waals surface area contributed by atoms with Gasteiger partial charge in [-0.05, 0) is 18.4 Å². The van der Waals surface area contributed by atoms with E-state index in [1.807, 2.05) is 0 Å². The van der Waals surface area contributed by atoms with Gasteiger partial charge in [0.05, 0.1) is 11.3 Å². The van der Waals surface area contributed by atoms with Gasteiger partial charge < -0.3 is 10.6 Å². The number of hydrogen-bond acceptors (Lipinski definition) is 4. The Kier molecular flexibility index (Phi) is 4.11. The maximum atomic E-state index is 12.1. The number of benzene rings is 1. The van der Waals surface area contributed by atoms with Crippen LogP contribution in [-0.2, 0) is 11.2 Å². The number of likely N-dealkylation sites (tertiary alicyclic amines) is 1. The van der Waals surface area contributed by atoms with Crippen LogP contribution >= 0.6 is 0 Å². The number of nitrogens with zero attached hydrogens (tertiary/aromatic N) is 2. The van der Waals surface area contributed by atoms with Crippen molar-refractivity contribution in [1.82, 2.24) is 4.90 Å². The van der Waals surface area contributed by atoms with Gasteiger partial charge in [-0.2, -0.15) is 0 Å². The van der Waals surface area contributed by atoms with E-state index in [1.165, 1.54) is 12.1 Å². The highest BCUT2D eigenvalue weighted by molar-refractivity contribution is 5.79. The van der Waals surface area contributed by atoms with Crippen molar-refractivity contribution in [2.75, 3.05) is 13.1 Å². The number of nitro benzene ring substituents is 1. The number of hydrogen-bond donors (Lipinski definition) is 1. The van der Waals surface area contributed by atoms with Crippen molar-refractivity contribution in [1.29, 1.82) is 0 Å². The molecule has 1 saturated heterocycles. The van der Waals surface area contributed by atoms with E-state index >= 15 is 0 Å². The van der Waals surface area contributed by atoms with Gasteiger partial charge in [0.2, 0.25) is 5.91 Å². The van der Waals surface area contributed by atoms with Gasteiger partial charge in [0, 0.05) is 31.3 Å². The molecule has 0 spiro atoms. The van der Waals surface area contributed by atoms with Crippen LogP contribution in [0.3, 0.4) is 0 Å². The molecule has 1 aromatic carbocycles. The number of nitrogens with two attached hydrogens (primary N) is 1. The number of piperidine rings is 1. The maximum absolute atomic E-state index is 12.1. The van der Waals surface area contributed by atoms with Crippen LogP contribution in [0.25, 0.3) is 0 Å². The summed E-state index contributed by atoms with van der Waals surface area (Å²) in [6.07, 6.45) is 2.05. The molecule has 2 rings (SSSR count). The standard InChI is InChI=1S/C13H17N3O3/c14-11-4-2-6-15(9-11)13(17)8-10-3-1-5-12(7-10)16(18)19/h1,3,5,7,11H,2,4,6,8-9,14H2. The zero-order valence-electron chi connectivity index (χ0n) is 10.6. The summed E-state index contributed by atoms with van der Waals surface area (Å²) in [6.45, 7) is 1.30. The molecule has 1 atom stereocenters. The Hall–Kier alpha value is -1.95. The van der Waals surface area contributed by atoms with Gasteiger partial charge >= 0.3 is 0 Å². The average Bonchev–Trinajstić information content (AvgIpc) is 2.39. The molecular weight excluding hydrogens is 246 g/mol. The lowest BCUT2D eigenvalue weighted by Crippen LogP contribution is -2.46. The highest BCUT2D eigenvalue weighted by atomic mass is 16.6. The first-order valence-electron chi connectivity index (χ1n) is 6.33. The molecule has 6 heteroatoms. The Balaban J connectivity index is 2.02. The molecule has 1 aliphatic rings. The number of non-ortho nitro benzene ring substituents is 1. The number of amides is 1. The highest BCUT2D eigenvalue weighted by Gasteiger charge is 2.21. The monoisotopic (exact) mass is 263 g/mol. The topological polar surface area (TPSA) is 89.5 Å². The molecular formula is C13H17N3O3. The van der Waals surface area contributed by atoms with Gasteiger partial charge in [0.1, 0.15) is 0 Å². The van der Waals surface area contributed by atoms with Crippen LogP contribution in [0.1, 0.15) is 18.4 Å². The molecule has 1 amide bonds. The van der Waals surface area contributed by atoms with Crippen LogP contribution in [0.4, 0.5) is 5.69 Å². The third-order valence-electron chi connectivity index (χ3n) is 3.29. The first-order valence-corrected chi connectivity index (χ1v) is 6.33. The van der Waals surface area contributed by atoms with Crippen LogP contribution in [-0.4, -0.2) is 34.9 Å². The molecule has 6 nitrogen and oxygen atoms in total. The molecule has 1 aromatic rings. The Morgan fingerprint density at radius 1 is 1.53 bits per heavy atom. The SMILES string of the molecule is NC1CCCN(C(=O)Cc2cccc([N+](=O)[O-])c2)C1. The summed E-state index contributed by atoms with van der Waals surface area (Å²) >= 11 is 0. The fraction of sp³-hybridized carbons (Fsp3) is 0.462. The highest BCUT2D eigenvalue weighted by Crippen LogP contribution is 2.15. The lowest BCUT2D eigenvalue weighted by molar-refractivity contribution is -0.384. The molecule has 0 radical (unpaired) electrons. The Labute approximate surface area is 111 Å². The molecule has 0 aromatic heterocycles. The lowest BCUT2D eigenvalue weighted by Gasteiger charge is -2.30. The lowest BCUT2D eigenvalue weighted by atomic mass is 10.0. The van der Waals surface area contributed by atoms with Crippen LogP contribution in [0.5, 0.6) is 0 Å². The summed E-state index contributed by atoms with van der Waals surface area (Å²) < 4.78 is 0. The first kappa shape index (κ1) is 13.5. The largest absolute Gasteiger partial charge is 0.341 e. The van der Waals surface area contributed by atoms with Crippen molar-refractivity contribution in [3.63, 3.8) is 0 Å². The Morgan fingerprint density at radius 2 is 2.32 bits per heavy atom. The van der Waals surface area contributed by atoms with Gasteiger partial charge in [-0.25, -0.2) is 0 Å². The number of carbonyl (C=O) groups is 1. The molecule has 1 heterocycles. The van der Waals surface area contributed by atoms with Crippen molar-refractivity contribution in [2.45, 2.75) is 25.3 Å². The molecule has 1 aliphatic heterocycles. The second-order valence-electron chi connectivity index (χ2n) is 4.85. The van der Waals surface area contributed by atoms with Gasteiger partial charge in [-0.15, -0.1) is 0 Å². The van der Waals surface area contributed by atoms with Gasteiger partial charge in [-0.3, -0.25) is 14.9 Å². The van der Waals surface area contributed by atoms with E-state index in [-0.39, 0.29) is 24.1 Å². The summed E-state index contributed by atoms with van der Waals surface area (Å²) in [6, 6.07) is 6.24. The predicted octanol–water partition coefficient (Wildman–Crippen LogP) is 1.09. The second kappa shape index (κ2) is 5.79. The van der Waals surface area contributed by atoms with E-state index < -0.39 is 4.92 Å². The molecule has 19 heavy (non-hydrogen) atoms. The van der Waals surface area contributed by atoms with Crippen molar-refractivity contribution >= 4 is 11.6 Å². The number of nitro groups is 1. The summed E-state index contributed by atoms with van der Waals surface area (Å²) in [5, 5.41) is 10.7. The molecule has 102 valence electrons. The van der Waals surface area contributed by atoms with Crippen LogP contribution < -0.4 is 5.73 Å². The van der Waals surface area contributed by atoms with Gasteiger partial charge in [0.25, 0.3) is 5.69 Å². The van der Waals surface area contributed by atoms with E-state index in [9.17, 15) is 14.9 Å². The third kappa shape index (κ3) is 3.51. The quantitative estimate of drug-likeness (QED) is 0.653. The van der Waals surface area contributed by atoms with Crippen molar-refractivity contribution in [3.8, 4) is 0 Å². The van der Waals surface area contributed by atoms with E-state index in [2.05, 4.69) is 0 Å².